The lowest BCUT2D eigenvalue weighted by molar-refractivity contribution is -0.180. The topological polar surface area (TPSA) is 131 Å². The van der Waals surface area contributed by atoms with Crippen molar-refractivity contribution in [2.75, 3.05) is 20.7 Å². The van der Waals surface area contributed by atoms with Crippen molar-refractivity contribution in [3.63, 3.8) is 0 Å². The van der Waals surface area contributed by atoms with Gasteiger partial charge in [-0.25, -0.2) is 4.79 Å². The van der Waals surface area contributed by atoms with Gasteiger partial charge >= 0.3 is 5.97 Å². The molecule has 0 aromatic rings. The van der Waals surface area contributed by atoms with Gasteiger partial charge in [-0.3, -0.25) is 4.90 Å². The van der Waals surface area contributed by atoms with Crippen molar-refractivity contribution < 1.29 is 35.1 Å². The van der Waals surface area contributed by atoms with E-state index in [2.05, 4.69) is 0 Å². The number of rotatable bonds is 7. The number of aliphatic hydroxyl groups excluding tert-OH is 5. The van der Waals surface area contributed by atoms with Crippen LogP contribution in [0.4, 0.5) is 0 Å². The third-order valence-corrected chi connectivity index (χ3v) is 2.51. The number of nitrogens with zero attached hydrogens (tertiary/aromatic N) is 1. The maximum atomic E-state index is 11.4. The Morgan fingerprint density at radius 1 is 1.17 bits per heavy atom. The fourth-order valence-electron chi connectivity index (χ4n) is 1.01. The average molecular weight is 267 g/mol. The van der Waals surface area contributed by atoms with E-state index in [9.17, 15) is 20.1 Å². The number of hydrogen-bond acceptors (Lipinski definition) is 8. The zero-order chi connectivity index (χ0) is 14.5. The summed E-state index contributed by atoms with van der Waals surface area (Å²) in [4.78, 5) is 13.0. The van der Waals surface area contributed by atoms with Crippen LogP contribution in [-0.4, -0.2) is 87.7 Å². The van der Waals surface area contributed by atoms with E-state index in [4.69, 9.17) is 14.9 Å². The Morgan fingerprint density at radius 3 is 2.06 bits per heavy atom. The molecule has 0 saturated heterocycles. The molecule has 0 heterocycles. The van der Waals surface area contributed by atoms with Gasteiger partial charge in [-0.05, 0) is 21.0 Å². The van der Waals surface area contributed by atoms with Crippen molar-refractivity contribution in [1.29, 1.82) is 0 Å². The Kier molecular flexibility index (Phi) is 7.29. The lowest BCUT2D eigenvalue weighted by Gasteiger charge is -2.26. The molecular weight excluding hydrogens is 246 g/mol. The molecule has 0 fully saturated rings. The van der Waals surface area contributed by atoms with Crippen LogP contribution in [0.5, 0.6) is 0 Å². The molecule has 18 heavy (non-hydrogen) atoms. The molecule has 0 aliphatic carbocycles. The van der Waals surface area contributed by atoms with E-state index in [0.717, 1.165) is 0 Å². The van der Waals surface area contributed by atoms with E-state index in [1.165, 1.54) is 0 Å². The minimum Gasteiger partial charge on any atom is -0.445 e. The van der Waals surface area contributed by atoms with E-state index in [0.29, 0.717) is 0 Å². The highest BCUT2D eigenvalue weighted by molar-refractivity contribution is 5.75. The fraction of sp³-hybridized carbons (Fsp3) is 0.900. The molecule has 0 aliphatic rings. The Bertz CT molecular complexity index is 261. The first-order valence-electron chi connectivity index (χ1n) is 5.42. The van der Waals surface area contributed by atoms with Gasteiger partial charge in [0.1, 0.15) is 18.3 Å². The molecule has 0 rings (SSSR count). The maximum absolute atomic E-state index is 11.4. The standard InChI is InChI=1S/C10H21NO7/c1-5(11(2)3)18-10(17)9(16)8(15)7(14)6(13)4-12/h5-9,12-16H,4H2,1-3H3/t5?,6-,7-,8+,9-/m1/s1. The molecular formula is C10H21NO7. The van der Waals surface area contributed by atoms with E-state index in [1.807, 2.05) is 0 Å². The zero-order valence-electron chi connectivity index (χ0n) is 10.6. The summed E-state index contributed by atoms with van der Waals surface area (Å²) in [6.07, 6.45) is -8.10. The summed E-state index contributed by atoms with van der Waals surface area (Å²) < 4.78 is 4.78. The second kappa shape index (κ2) is 7.62. The lowest BCUT2D eigenvalue weighted by Crippen LogP contribution is -2.50. The van der Waals surface area contributed by atoms with Gasteiger partial charge in [0, 0.05) is 0 Å². The van der Waals surface area contributed by atoms with Gasteiger partial charge in [-0.1, -0.05) is 0 Å². The second-order valence-corrected chi connectivity index (χ2v) is 4.18. The first kappa shape index (κ1) is 17.2. The molecule has 8 heteroatoms. The number of ether oxygens (including phenoxy) is 1. The molecule has 8 nitrogen and oxygen atoms in total. The van der Waals surface area contributed by atoms with Crippen LogP contribution < -0.4 is 0 Å². The number of carbonyl (C=O) groups excluding carboxylic acids is 1. The van der Waals surface area contributed by atoms with Crippen molar-refractivity contribution in [2.24, 2.45) is 0 Å². The molecule has 5 N–H and O–H groups in total. The lowest BCUT2D eigenvalue weighted by atomic mass is 10.0. The van der Waals surface area contributed by atoms with Crippen LogP contribution in [0.25, 0.3) is 0 Å². The van der Waals surface area contributed by atoms with Gasteiger partial charge < -0.3 is 30.3 Å². The van der Waals surface area contributed by atoms with Crippen LogP contribution >= 0.6 is 0 Å². The van der Waals surface area contributed by atoms with Crippen LogP contribution in [0.15, 0.2) is 0 Å². The highest BCUT2D eigenvalue weighted by atomic mass is 16.6. The molecule has 0 amide bonds. The molecule has 0 aromatic heterocycles. The van der Waals surface area contributed by atoms with Crippen molar-refractivity contribution in [2.45, 2.75) is 37.6 Å². The molecule has 0 aromatic carbocycles. The third kappa shape index (κ3) is 4.84. The van der Waals surface area contributed by atoms with Gasteiger partial charge in [0.25, 0.3) is 0 Å². The average Bonchev–Trinajstić information content (AvgIpc) is 2.34. The summed E-state index contributed by atoms with van der Waals surface area (Å²) in [5.41, 5.74) is 0. The number of carbonyl (C=O) groups is 1. The van der Waals surface area contributed by atoms with Crippen molar-refractivity contribution in [3.8, 4) is 0 Å². The molecule has 0 saturated carbocycles. The Balaban J connectivity index is 4.45. The van der Waals surface area contributed by atoms with Gasteiger partial charge in [-0.2, -0.15) is 0 Å². The van der Waals surface area contributed by atoms with Crippen LogP contribution in [-0.2, 0) is 9.53 Å². The summed E-state index contributed by atoms with van der Waals surface area (Å²) in [5, 5.41) is 45.8. The smallest absolute Gasteiger partial charge is 0.339 e. The molecule has 0 spiro atoms. The molecule has 5 atom stereocenters. The fourth-order valence-corrected chi connectivity index (χ4v) is 1.01. The Labute approximate surface area is 105 Å². The van der Waals surface area contributed by atoms with Crippen LogP contribution in [0.1, 0.15) is 6.92 Å². The van der Waals surface area contributed by atoms with E-state index >= 15 is 0 Å². The van der Waals surface area contributed by atoms with E-state index in [1.54, 1.807) is 25.9 Å². The molecule has 0 aliphatic heterocycles. The summed E-state index contributed by atoms with van der Waals surface area (Å²) in [6.45, 7) is 0.740. The molecule has 108 valence electrons. The maximum Gasteiger partial charge on any atom is 0.339 e. The van der Waals surface area contributed by atoms with Crippen LogP contribution in [0.2, 0.25) is 0 Å². The number of esters is 1. The Morgan fingerprint density at radius 2 is 1.67 bits per heavy atom. The Hall–Kier alpha value is -0.770. The van der Waals surface area contributed by atoms with Gasteiger partial charge in [0.2, 0.25) is 0 Å². The van der Waals surface area contributed by atoms with Crippen molar-refractivity contribution in [3.05, 3.63) is 0 Å². The second-order valence-electron chi connectivity index (χ2n) is 4.18. The predicted octanol–water partition coefficient (Wildman–Crippen LogP) is -3.13. The first-order valence-corrected chi connectivity index (χ1v) is 5.42. The van der Waals surface area contributed by atoms with Gasteiger partial charge in [-0.15, -0.1) is 0 Å². The SMILES string of the molecule is CC(OC(=O)[C@H](O)[C@@H](O)[C@H](O)[C@H](O)CO)N(C)C. The van der Waals surface area contributed by atoms with E-state index in [-0.39, 0.29) is 0 Å². The highest BCUT2D eigenvalue weighted by Crippen LogP contribution is 2.08. The summed E-state index contributed by atoms with van der Waals surface area (Å²) >= 11 is 0. The van der Waals surface area contributed by atoms with Crippen molar-refractivity contribution >= 4 is 5.97 Å². The van der Waals surface area contributed by atoms with Gasteiger partial charge in [0.15, 0.2) is 12.3 Å². The van der Waals surface area contributed by atoms with E-state index < -0.39 is 43.2 Å². The van der Waals surface area contributed by atoms with Crippen LogP contribution in [0, 0.1) is 0 Å². The quantitative estimate of drug-likeness (QED) is 0.242. The first-order chi connectivity index (χ1) is 8.22. The molecule has 1 unspecified atom stereocenters. The molecule has 0 radical (unpaired) electrons. The summed E-state index contributed by atoms with van der Waals surface area (Å²) in [5.74, 6) is -1.13. The largest absolute Gasteiger partial charge is 0.445 e. The molecule has 0 bridgehead atoms. The summed E-state index contributed by atoms with van der Waals surface area (Å²) in [7, 11) is 3.29. The third-order valence-electron chi connectivity index (χ3n) is 2.51. The number of hydrogen-bond donors (Lipinski definition) is 5. The number of aliphatic hydroxyl groups is 5. The summed E-state index contributed by atoms with van der Waals surface area (Å²) in [6, 6.07) is 0. The monoisotopic (exact) mass is 267 g/mol. The predicted molar refractivity (Wildman–Crippen MR) is 60.4 cm³/mol. The highest BCUT2D eigenvalue weighted by Gasteiger charge is 2.35. The van der Waals surface area contributed by atoms with Gasteiger partial charge in [0.05, 0.1) is 6.61 Å². The normalized spacial score (nSPS) is 20.1. The zero-order valence-corrected chi connectivity index (χ0v) is 10.6. The van der Waals surface area contributed by atoms with Crippen molar-refractivity contribution in [1.82, 2.24) is 4.90 Å². The minimum atomic E-state index is -2.01. The minimum absolute atomic E-state index is 0.626. The van der Waals surface area contributed by atoms with Crippen LogP contribution in [0.3, 0.4) is 0 Å².